The Morgan fingerprint density at radius 3 is 2.67 bits per heavy atom. The van der Waals surface area contributed by atoms with E-state index in [1.54, 1.807) is 20.8 Å². The van der Waals surface area contributed by atoms with Gasteiger partial charge in [-0.1, -0.05) is 0 Å². The summed E-state index contributed by atoms with van der Waals surface area (Å²) in [5.41, 5.74) is -0.507. The molecule has 0 aromatic carbocycles. The van der Waals surface area contributed by atoms with Crippen LogP contribution >= 0.6 is 0 Å². The molecule has 0 saturated carbocycles. The molecule has 0 spiro atoms. The van der Waals surface area contributed by atoms with Crippen molar-refractivity contribution in [2.24, 2.45) is 5.92 Å². The Morgan fingerprint density at radius 1 is 1.53 bits per heavy atom. The van der Waals surface area contributed by atoms with E-state index in [4.69, 9.17) is 4.74 Å². The summed E-state index contributed by atoms with van der Waals surface area (Å²) in [6.07, 6.45) is -1.36. The van der Waals surface area contributed by atoms with Crippen molar-refractivity contribution in [3.05, 3.63) is 0 Å². The normalized spacial score (nSPS) is 26.4. The smallest absolute Gasteiger partial charge is 0.407 e. The highest BCUT2D eigenvalue weighted by Crippen LogP contribution is 2.12. The van der Waals surface area contributed by atoms with E-state index < -0.39 is 17.9 Å². The summed E-state index contributed by atoms with van der Waals surface area (Å²) in [5.74, 6) is -0.141. The number of nitrogens with one attached hydrogen (secondary N) is 2. The summed E-state index contributed by atoms with van der Waals surface area (Å²) >= 11 is 0. The molecule has 1 fully saturated rings. The van der Waals surface area contributed by atoms with Crippen molar-refractivity contribution in [1.29, 1.82) is 0 Å². The summed E-state index contributed by atoms with van der Waals surface area (Å²) < 4.78 is 18.2. The molecule has 1 amide bonds. The Labute approximate surface area is 89.6 Å². The largest absolute Gasteiger partial charge is 0.444 e. The number of carbonyl (C=O) groups is 1. The predicted molar refractivity (Wildman–Crippen MR) is 55.5 cm³/mol. The fourth-order valence-electron chi connectivity index (χ4n) is 1.43. The minimum atomic E-state index is -0.875. The summed E-state index contributed by atoms with van der Waals surface area (Å²) in [5, 5.41) is 5.50. The van der Waals surface area contributed by atoms with Crippen molar-refractivity contribution in [1.82, 2.24) is 10.6 Å². The van der Waals surface area contributed by atoms with Crippen LogP contribution in [0.4, 0.5) is 9.18 Å². The van der Waals surface area contributed by atoms with E-state index in [1.165, 1.54) is 0 Å². The second-order valence-electron chi connectivity index (χ2n) is 4.82. The van der Waals surface area contributed by atoms with Crippen molar-refractivity contribution in [3.8, 4) is 0 Å². The molecule has 1 aliphatic heterocycles. The van der Waals surface area contributed by atoms with Crippen molar-refractivity contribution in [2.75, 3.05) is 19.6 Å². The third-order valence-electron chi connectivity index (χ3n) is 2.16. The third kappa shape index (κ3) is 4.46. The molecule has 0 radical (unpaired) electrons. The zero-order chi connectivity index (χ0) is 11.5. The molecule has 1 aliphatic rings. The molecule has 2 N–H and O–H groups in total. The van der Waals surface area contributed by atoms with Crippen LogP contribution in [-0.4, -0.2) is 37.5 Å². The van der Waals surface area contributed by atoms with Crippen molar-refractivity contribution >= 4 is 6.09 Å². The third-order valence-corrected chi connectivity index (χ3v) is 2.16. The van der Waals surface area contributed by atoms with Crippen LogP contribution in [0.2, 0.25) is 0 Å². The van der Waals surface area contributed by atoms with Gasteiger partial charge in [0.05, 0.1) is 0 Å². The first kappa shape index (κ1) is 12.2. The average molecular weight is 218 g/mol. The fourth-order valence-corrected chi connectivity index (χ4v) is 1.43. The number of carbonyl (C=O) groups excluding carboxylic acids is 1. The molecule has 4 nitrogen and oxygen atoms in total. The number of hydrogen-bond acceptors (Lipinski definition) is 3. The minimum Gasteiger partial charge on any atom is -0.444 e. The highest BCUT2D eigenvalue weighted by molar-refractivity contribution is 5.67. The van der Waals surface area contributed by atoms with Gasteiger partial charge in [-0.2, -0.15) is 0 Å². The van der Waals surface area contributed by atoms with Crippen LogP contribution in [0.25, 0.3) is 0 Å². The summed E-state index contributed by atoms with van der Waals surface area (Å²) in [6.45, 7) is 6.69. The number of rotatable bonds is 2. The van der Waals surface area contributed by atoms with Gasteiger partial charge in [-0.15, -0.1) is 0 Å². The molecular formula is C10H19FN2O2. The lowest BCUT2D eigenvalue weighted by Crippen LogP contribution is -2.37. The van der Waals surface area contributed by atoms with E-state index in [0.717, 1.165) is 0 Å². The van der Waals surface area contributed by atoms with Gasteiger partial charge in [0.15, 0.2) is 0 Å². The monoisotopic (exact) mass is 218 g/mol. The van der Waals surface area contributed by atoms with Gasteiger partial charge in [-0.05, 0) is 20.8 Å². The summed E-state index contributed by atoms with van der Waals surface area (Å²) in [6, 6.07) is 0. The number of alkyl halides is 1. The van der Waals surface area contributed by atoms with E-state index in [1.807, 2.05) is 0 Å². The zero-order valence-corrected chi connectivity index (χ0v) is 9.47. The predicted octanol–water partition coefficient (Wildman–Crippen LogP) is 1.07. The molecule has 0 unspecified atom stereocenters. The molecule has 0 bridgehead atoms. The lowest BCUT2D eigenvalue weighted by atomic mass is 10.1. The van der Waals surface area contributed by atoms with Gasteiger partial charge >= 0.3 is 6.09 Å². The first-order valence-electron chi connectivity index (χ1n) is 5.20. The standard InChI is InChI=1S/C10H19FN2O2/c1-10(2,3)15-9(14)13-5-7-4-12-6-8(7)11/h7-8,12H,4-6H2,1-3H3,(H,13,14)/t7-,8-/m0/s1. The summed E-state index contributed by atoms with van der Waals surface area (Å²) in [7, 11) is 0. The maximum absolute atomic E-state index is 13.1. The van der Waals surface area contributed by atoms with Crippen molar-refractivity contribution in [3.63, 3.8) is 0 Å². The Hall–Kier alpha value is -0.840. The topological polar surface area (TPSA) is 50.4 Å². The zero-order valence-electron chi connectivity index (χ0n) is 9.47. The van der Waals surface area contributed by atoms with Gasteiger partial charge in [0.1, 0.15) is 11.8 Å². The molecule has 15 heavy (non-hydrogen) atoms. The van der Waals surface area contributed by atoms with Crippen LogP contribution in [0.1, 0.15) is 20.8 Å². The molecule has 88 valence electrons. The van der Waals surface area contributed by atoms with E-state index >= 15 is 0 Å². The molecule has 5 heteroatoms. The minimum absolute atomic E-state index is 0.141. The Balaban J connectivity index is 2.22. The molecule has 0 aromatic rings. The van der Waals surface area contributed by atoms with Crippen LogP contribution in [0.15, 0.2) is 0 Å². The van der Waals surface area contributed by atoms with Gasteiger partial charge < -0.3 is 15.4 Å². The average Bonchev–Trinajstić information content (AvgIpc) is 2.44. The number of alkyl carbamates (subject to hydrolysis) is 1. The van der Waals surface area contributed by atoms with Crippen LogP contribution in [-0.2, 0) is 4.74 Å². The van der Waals surface area contributed by atoms with E-state index in [0.29, 0.717) is 19.6 Å². The quantitative estimate of drug-likeness (QED) is 0.729. The maximum atomic E-state index is 13.1. The molecule has 2 atom stereocenters. The number of halogens is 1. The Morgan fingerprint density at radius 2 is 2.20 bits per heavy atom. The van der Waals surface area contributed by atoms with E-state index in [9.17, 15) is 9.18 Å². The van der Waals surface area contributed by atoms with E-state index in [2.05, 4.69) is 10.6 Å². The number of ether oxygens (including phenoxy) is 1. The van der Waals surface area contributed by atoms with Crippen LogP contribution in [0, 0.1) is 5.92 Å². The SMILES string of the molecule is CC(C)(C)OC(=O)NC[C@@H]1CNC[C@@H]1F. The van der Waals surface area contributed by atoms with Gasteiger partial charge in [-0.25, -0.2) is 9.18 Å². The molecular weight excluding hydrogens is 199 g/mol. The van der Waals surface area contributed by atoms with E-state index in [-0.39, 0.29) is 5.92 Å². The molecule has 0 aromatic heterocycles. The molecule has 0 aliphatic carbocycles. The van der Waals surface area contributed by atoms with Crippen molar-refractivity contribution < 1.29 is 13.9 Å². The number of amides is 1. The lowest BCUT2D eigenvalue weighted by molar-refractivity contribution is 0.0515. The summed E-state index contributed by atoms with van der Waals surface area (Å²) in [4.78, 5) is 11.2. The Bertz CT molecular complexity index is 228. The fraction of sp³-hybridized carbons (Fsp3) is 0.900. The molecule has 1 rings (SSSR count). The molecule has 1 heterocycles. The van der Waals surface area contributed by atoms with Crippen LogP contribution in [0.3, 0.4) is 0 Å². The highest BCUT2D eigenvalue weighted by Gasteiger charge is 2.27. The Kier molecular flexibility index (Phi) is 3.90. The van der Waals surface area contributed by atoms with Crippen LogP contribution in [0.5, 0.6) is 0 Å². The lowest BCUT2D eigenvalue weighted by Gasteiger charge is -2.20. The highest BCUT2D eigenvalue weighted by atomic mass is 19.1. The first-order valence-corrected chi connectivity index (χ1v) is 5.20. The van der Waals surface area contributed by atoms with Crippen molar-refractivity contribution in [2.45, 2.75) is 32.5 Å². The molecule has 1 saturated heterocycles. The number of hydrogen-bond donors (Lipinski definition) is 2. The van der Waals surface area contributed by atoms with Gasteiger partial charge in [-0.3, -0.25) is 0 Å². The van der Waals surface area contributed by atoms with Crippen LogP contribution < -0.4 is 10.6 Å². The van der Waals surface area contributed by atoms with Gasteiger partial charge in [0.2, 0.25) is 0 Å². The maximum Gasteiger partial charge on any atom is 0.407 e. The van der Waals surface area contributed by atoms with Gasteiger partial charge in [0.25, 0.3) is 0 Å². The first-order chi connectivity index (χ1) is 6.88. The second kappa shape index (κ2) is 4.79. The van der Waals surface area contributed by atoms with Gasteiger partial charge in [0, 0.05) is 25.6 Å². The second-order valence-corrected chi connectivity index (χ2v) is 4.82.